The van der Waals surface area contributed by atoms with Crippen LogP contribution in [-0.2, 0) is 7.05 Å². The van der Waals surface area contributed by atoms with Crippen molar-refractivity contribution in [3.8, 4) is 0 Å². The maximum atomic E-state index is 14.4. The Morgan fingerprint density at radius 3 is 1.66 bits per heavy atom. The molecule has 0 aliphatic rings. The van der Waals surface area contributed by atoms with Crippen LogP contribution < -0.4 is 22.2 Å². The highest BCUT2D eigenvalue weighted by molar-refractivity contribution is 6.49. The van der Waals surface area contributed by atoms with Crippen LogP contribution in [0.4, 0.5) is 0 Å². The van der Waals surface area contributed by atoms with Gasteiger partial charge >= 0.3 is 0 Å². The molecule has 13 rings (SSSR count). The second-order valence-electron chi connectivity index (χ2n) is 13.7. The molecule has 0 saturated carbocycles. The Balaban J connectivity index is 1.43. The molecule has 230 valence electrons. The first-order valence-electron chi connectivity index (χ1n) is 16.5. The van der Waals surface area contributed by atoms with E-state index in [-0.39, 0.29) is 22.2 Å². The summed E-state index contributed by atoms with van der Waals surface area (Å²) in [5, 5.41) is 12.5. The van der Waals surface area contributed by atoms with Crippen LogP contribution >= 0.6 is 0 Å². The van der Waals surface area contributed by atoms with Gasteiger partial charge in [-0.2, -0.15) is 0 Å². The first kappa shape index (κ1) is 25.1. The smallest absolute Gasteiger partial charge is 0.264 e. The van der Waals surface area contributed by atoms with Crippen molar-refractivity contribution in [1.29, 1.82) is 0 Å². The van der Waals surface area contributed by atoms with Crippen molar-refractivity contribution in [1.82, 2.24) is 18.4 Å². The minimum atomic E-state index is -0.367. The zero-order chi connectivity index (χ0) is 33.1. The van der Waals surface area contributed by atoms with Gasteiger partial charge in [0.25, 0.3) is 22.2 Å². The lowest BCUT2D eigenvalue weighted by molar-refractivity contribution is 0.857. The van der Waals surface area contributed by atoms with Crippen LogP contribution in [0.5, 0.6) is 0 Å². The first-order chi connectivity index (χ1) is 24.4. The third-order valence-corrected chi connectivity index (χ3v) is 11.6. The number of para-hydroxylation sites is 3. The number of aromatic nitrogens is 4. The number of nitrogens with zero attached hydrogens (tertiary/aromatic N) is 4. The van der Waals surface area contributed by atoms with Crippen LogP contribution in [0.1, 0.15) is 0 Å². The lowest BCUT2D eigenvalue weighted by atomic mass is 9.81. The van der Waals surface area contributed by atoms with Gasteiger partial charge in [-0.1, -0.05) is 42.5 Å². The summed E-state index contributed by atoms with van der Waals surface area (Å²) in [6.07, 6.45) is 0. The van der Waals surface area contributed by atoms with Gasteiger partial charge in [0.15, 0.2) is 0 Å². The summed E-state index contributed by atoms with van der Waals surface area (Å²) in [5.41, 5.74) is 2.48. The van der Waals surface area contributed by atoms with Crippen LogP contribution in [0.2, 0.25) is 0 Å². The lowest BCUT2D eigenvalue weighted by Gasteiger charge is -2.22. The average molecular weight is 643 g/mol. The SMILES string of the molecule is Cn1c(=O)c2c3cc4c5c(ccc6c7ccc8c(=O)n9c%10ccccc%10nc9c9cc(c2c1=O)c(c7c89)c3c65)c(=O)n1c2ccccc2cc41. The highest BCUT2D eigenvalue weighted by Crippen LogP contribution is 2.51. The van der Waals surface area contributed by atoms with E-state index in [2.05, 4.69) is 0 Å². The minimum absolute atomic E-state index is 0.108. The van der Waals surface area contributed by atoms with Gasteiger partial charge < -0.3 is 0 Å². The topological polar surface area (TPSA) is 94.9 Å². The van der Waals surface area contributed by atoms with E-state index < -0.39 is 0 Å². The summed E-state index contributed by atoms with van der Waals surface area (Å²) in [6.45, 7) is 0. The highest BCUT2D eigenvalue weighted by Gasteiger charge is 2.29. The van der Waals surface area contributed by atoms with E-state index in [1.54, 1.807) is 8.80 Å². The molecule has 8 heteroatoms. The average Bonchev–Trinajstić information content (AvgIpc) is 3.80. The van der Waals surface area contributed by atoms with Crippen molar-refractivity contribution >= 4 is 119 Å². The Morgan fingerprint density at radius 1 is 0.420 bits per heavy atom. The zero-order valence-electron chi connectivity index (χ0n) is 26.1. The summed E-state index contributed by atoms with van der Waals surface area (Å²) in [5.74, 6) is 0. The molecule has 0 spiro atoms. The summed E-state index contributed by atoms with van der Waals surface area (Å²) in [7, 11) is 1.53. The molecule has 0 bridgehead atoms. The van der Waals surface area contributed by atoms with Crippen LogP contribution in [0.15, 0.2) is 110 Å². The number of imidazole rings is 1. The van der Waals surface area contributed by atoms with Gasteiger partial charge in [-0.15, -0.1) is 0 Å². The Kier molecular flexibility index (Phi) is 3.87. The van der Waals surface area contributed by atoms with Crippen LogP contribution in [0, 0.1) is 0 Å². The molecule has 8 aromatic carbocycles. The number of rotatable bonds is 0. The maximum Gasteiger partial charge on any atom is 0.264 e. The Hall–Kier alpha value is -6.93. The molecule has 0 fully saturated rings. The Bertz CT molecular complexity index is 3730. The van der Waals surface area contributed by atoms with E-state index in [1.807, 2.05) is 91.0 Å². The lowest BCUT2D eigenvalue weighted by Crippen LogP contribution is -2.21. The molecule has 5 aromatic heterocycles. The summed E-state index contributed by atoms with van der Waals surface area (Å²) in [4.78, 5) is 62.0. The number of fused-ring (bicyclic) bond motifs is 12. The molecule has 0 amide bonds. The van der Waals surface area contributed by atoms with Crippen molar-refractivity contribution in [3.63, 3.8) is 0 Å². The fourth-order valence-corrected chi connectivity index (χ4v) is 9.59. The molecule has 0 unspecified atom stereocenters. The molecule has 0 saturated heterocycles. The van der Waals surface area contributed by atoms with Crippen molar-refractivity contribution in [3.05, 3.63) is 132 Å². The molecule has 0 N–H and O–H groups in total. The molecular weight excluding hydrogens is 624 g/mol. The number of benzene rings is 8. The van der Waals surface area contributed by atoms with E-state index in [9.17, 15) is 19.2 Å². The van der Waals surface area contributed by atoms with Gasteiger partial charge in [-0.05, 0) is 91.6 Å². The third kappa shape index (κ3) is 2.42. The highest BCUT2D eigenvalue weighted by atomic mass is 16.2. The quantitative estimate of drug-likeness (QED) is 0.130. The summed E-state index contributed by atoms with van der Waals surface area (Å²) in [6, 6.07) is 29.2. The number of hydrogen-bond acceptors (Lipinski definition) is 5. The monoisotopic (exact) mass is 642 g/mol. The fraction of sp³-hybridized carbons (Fsp3) is 0.0238. The fourth-order valence-electron chi connectivity index (χ4n) is 9.59. The predicted molar refractivity (Wildman–Crippen MR) is 201 cm³/mol. The van der Waals surface area contributed by atoms with E-state index >= 15 is 0 Å². The van der Waals surface area contributed by atoms with Gasteiger partial charge in [0.05, 0.1) is 32.8 Å². The molecular formula is C42H18N4O4. The minimum Gasteiger partial charge on any atom is -0.277 e. The van der Waals surface area contributed by atoms with Crippen LogP contribution in [-0.4, -0.2) is 18.4 Å². The van der Waals surface area contributed by atoms with Crippen molar-refractivity contribution in [2.45, 2.75) is 0 Å². The van der Waals surface area contributed by atoms with Crippen molar-refractivity contribution < 1.29 is 0 Å². The zero-order valence-corrected chi connectivity index (χ0v) is 26.1. The van der Waals surface area contributed by atoms with Crippen LogP contribution in [0.25, 0.3) is 119 Å². The number of pyridine rings is 2. The molecule has 0 aliphatic heterocycles. The first-order valence-corrected chi connectivity index (χ1v) is 16.5. The molecule has 0 radical (unpaired) electrons. The maximum absolute atomic E-state index is 14.4. The molecule has 5 heterocycles. The molecule has 13 aromatic rings. The van der Waals surface area contributed by atoms with Gasteiger partial charge in [0.1, 0.15) is 5.65 Å². The second kappa shape index (κ2) is 7.69. The molecule has 0 aliphatic carbocycles. The third-order valence-electron chi connectivity index (χ3n) is 11.6. The predicted octanol–water partition coefficient (Wildman–Crippen LogP) is 7.09. The standard InChI is InChI=1S/C42H18N4O4/c1-44-41(49)36-23-15-22-29-14-17-6-2-4-8-27(17)45(29)39(47)20-12-10-18-19-11-13-21-31-25(38-43-26-7-3-5-9-28(26)46(38)40(21)48)16-24(37(36)42(44)50)35(33(19)31)34(23)32(18)30(20)22/h2-16H,1H3. The molecule has 50 heavy (non-hydrogen) atoms. The van der Waals surface area contributed by atoms with Crippen LogP contribution in [0.3, 0.4) is 0 Å². The van der Waals surface area contributed by atoms with Crippen molar-refractivity contribution in [2.24, 2.45) is 7.05 Å². The van der Waals surface area contributed by atoms with Gasteiger partial charge in [-0.25, -0.2) is 4.98 Å². The van der Waals surface area contributed by atoms with E-state index in [1.165, 1.54) is 11.6 Å². The van der Waals surface area contributed by atoms with Gasteiger partial charge in [0.2, 0.25) is 0 Å². The van der Waals surface area contributed by atoms with E-state index in [0.717, 1.165) is 70.3 Å². The summed E-state index contributed by atoms with van der Waals surface area (Å²) < 4.78 is 4.62. The number of hydrogen-bond donors (Lipinski definition) is 0. The Morgan fingerprint density at radius 2 is 0.960 bits per heavy atom. The Labute approximate surface area is 276 Å². The normalized spacial score (nSPS) is 13.2. The molecule has 0 atom stereocenters. The van der Waals surface area contributed by atoms with E-state index in [4.69, 9.17) is 4.98 Å². The van der Waals surface area contributed by atoms with Gasteiger partial charge in [0, 0.05) is 44.8 Å². The van der Waals surface area contributed by atoms with E-state index in [0.29, 0.717) is 49.0 Å². The second-order valence-corrected chi connectivity index (χ2v) is 13.7. The largest absolute Gasteiger partial charge is 0.277 e. The molecule has 8 nitrogen and oxygen atoms in total. The summed E-state index contributed by atoms with van der Waals surface area (Å²) >= 11 is 0. The van der Waals surface area contributed by atoms with Crippen molar-refractivity contribution in [2.75, 3.05) is 0 Å². The van der Waals surface area contributed by atoms with Gasteiger partial charge in [-0.3, -0.25) is 32.5 Å².